The molecule has 0 aliphatic carbocycles. The zero-order valence-electron chi connectivity index (χ0n) is 9.53. The van der Waals surface area contributed by atoms with Crippen molar-refractivity contribution in [2.45, 2.75) is 18.2 Å². The largest absolute Gasteiger partial charge is 0.522 e. The molecule has 0 radical (unpaired) electrons. The maximum Gasteiger partial charge on any atom is 0.522 e. The van der Waals surface area contributed by atoms with Crippen molar-refractivity contribution >= 4 is 10.1 Å². The molecule has 0 atom stereocenters. The van der Waals surface area contributed by atoms with Crippen LogP contribution in [-0.4, -0.2) is 18.5 Å². The van der Waals surface area contributed by atoms with Gasteiger partial charge in [-0.3, -0.25) is 4.55 Å². The van der Waals surface area contributed by atoms with Crippen LogP contribution in [0.15, 0.2) is 24.3 Å². The molecule has 0 amide bonds. The molecule has 0 bridgehead atoms. The molecule has 1 aromatic carbocycles. The Balaban J connectivity index is 0.000000396. The van der Waals surface area contributed by atoms with E-state index in [1.165, 1.54) is 12.1 Å². The first-order valence-electron chi connectivity index (χ1n) is 4.69. The van der Waals surface area contributed by atoms with Crippen molar-refractivity contribution in [1.82, 2.24) is 0 Å². The SMILES string of the molecule is NCc1ccc(C(F)(F)F)cc1.O=S(=O)(O)C(F)(F)F. The standard InChI is InChI=1S/C8H8F3N.CHF3O3S/c9-8(10,11)7-3-1-6(5-12)2-4-7;2-1(3,4)8(5,6)7/h1-4H,5,12H2;(H,5,6,7). The summed E-state index contributed by atoms with van der Waals surface area (Å²) in [5.74, 6) is 0. The van der Waals surface area contributed by atoms with Crippen LogP contribution in [0, 0.1) is 0 Å². The molecule has 1 aromatic rings. The molecule has 0 heterocycles. The molecule has 116 valence electrons. The van der Waals surface area contributed by atoms with E-state index in [-0.39, 0.29) is 6.54 Å². The fourth-order valence-electron chi connectivity index (χ4n) is 0.830. The highest BCUT2D eigenvalue weighted by molar-refractivity contribution is 7.86. The Hall–Kier alpha value is -1.33. The second-order valence-electron chi connectivity index (χ2n) is 3.32. The number of benzene rings is 1. The highest BCUT2D eigenvalue weighted by atomic mass is 32.2. The molecule has 20 heavy (non-hydrogen) atoms. The van der Waals surface area contributed by atoms with Crippen LogP contribution in [-0.2, 0) is 22.8 Å². The fraction of sp³-hybridized carbons (Fsp3) is 0.333. The Kier molecular flexibility index (Phi) is 5.99. The van der Waals surface area contributed by atoms with E-state index in [2.05, 4.69) is 0 Å². The molecule has 0 aliphatic heterocycles. The van der Waals surface area contributed by atoms with Crippen LogP contribution in [0.1, 0.15) is 11.1 Å². The van der Waals surface area contributed by atoms with Crippen molar-refractivity contribution in [3.05, 3.63) is 35.4 Å². The van der Waals surface area contributed by atoms with Crippen molar-refractivity contribution in [2.24, 2.45) is 5.73 Å². The van der Waals surface area contributed by atoms with E-state index >= 15 is 0 Å². The summed E-state index contributed by atoms with van der Waals surface area (Å²) in [6.45, 7) is 0.262. The summed E-state index contributed by atoms with van der Waals surface area (Å²) in [6, 6.07) is 4.82. The number of rotatable bonds is 1. The predicted molar refractivity (Wildman–Crippen MR) is 56.9 cm³/mol. The summed E-state index contributed by atoms with van der Waals surface area (Å²) in [7, 11) is -5.84. The lowest BCUT2D eigenvalue weighted by Crippen LogP contribution is -2.21. The fourth-order valence-corrected chi connectivity index (χ4v) is 0.830. The lowest BCUT2D eigenvalue weighted by atomic mass is 10.1. The van der Waals surface area contributed by atoms with Gasteiger partial charge < -0.3 is 5.73 Å². The zero-order chi connectivity index (χ0) is 16.2. The van der Waals surface area contributed by atoms with Crippen LogP contribution in [0.25, 0.3) is 0 Å². The normalized spacial score (nSPS) is 12.6. The lowest BCUT2D eigenvalue weighted by Gasteiger charge is -2.06. The van der Waals surface area contributed by atoms with Crippen molar-refractivity contribution in [3.8, 4) is 0 Å². The van der Waals surface area contributed by atoms with Crippen molar-refractivity contribution in [2.75, 3.05) is 0 Å². The van der Waals surface area contributed by atoms with Crippen LogP contribution in [0.5, 0.6) is 0 Å². The van der Waals surface area contributed by atoms with Gasteiger partial charge in [-0.05, 0) is 17.7 Å². The third-order valence-electron chi connectivity index (χ3n) is 1.81. The monoisotopic (exact) mass is 325 g/mol. The molecule has 0 saturated carbocycles. The van der Waals surface area contributed by atoms with E-state index < -0.39 is 27.4 Å². The van der Waals surface area contributed by atoms with Gasteiger partial charge in [-0.1, -0.05) is 12.1 Å². The molecular weight excluding hydrogens is 316 g/mol. The molecule has 0 fully saturated rings. The number of nitrogens with two attached hydrogens (primary N) is 1. The highest BCUT2D eigenvalue weighted by Crippen LogP contribution is 2.28. The molecule has 11 heteroatoms. The molecule has 0 aliphatic rings. The molecule has 0 spiro atoms. The van der Waals surface area contributed by atoms with E-state index in [4.69, 9.17) is 18.7 Å². The topological polar surface area (TPSA) is 80.4 Å². The summed E-state index contributed by atoms with van der Waals surface area (Å²) in [5, 5.41) is 0. The summed E-state index contributed by atoms with van der Waals surface area (Å²) in [5.41, 5.74) is -0.249. The van der Waals surface area contributed by atoms with Gasteiger partial charge in [0, 0.05) is 6.54 Å². The molecule has 0 unspecified atom stereocenters. The minimum absolute atomic E-state index is 0.262. The summed E-state index contributed by atoms with van der Waals surface area (Å²) < 4.78 is 93.5. The average molecular weight is 325 g/mol. The van der Waals surface area contributed by atoms with Crippen molar-refractivity contribution < 1.29 is 39.3 Å². The zero-order valence-corrected chi connectivity index (χ0v) is 10.4. The van der Waals surface area contributed by atoms with E-state index in [1.807, 2.05) is 0 Å². The number of alkyl halides is 6. The summed E-state index contributed by atoms with van der Waals surface area (Å²) >= 11 is 0. The Morgan fingerprint density at radius 1 is 1.00 bits per heavy atom. The molecular formula is C9H9F6NO3S. The third-order valence-corrected chi connectivity index (χ3v) is 2.39. The first-order valence-corrected chi connectivity index (χ1v) is 6.13. The van der Waals surface area contributed by atoms with Gasteiger partial charge in [-0.15, -0.1) is 0 Å². The molecule has 3 N–H and O–H groups in total. The van der Waals surface area contributed by atoms with E-state index in [0.29, 0.717) is 5.56 Å². The Morgan fingerprint density at radius 2 is 1.35 bits per heavy atom. The van der Waals surface area contributed by atoms with Gasteiger partial charge in [0.15, 0.2) is 0 Å². The maximum atomic E-state index is 12.0. The number of halogens is 6. The first-order chi connectivity index (χ1) is 8.79. The predicted octanol–water partition coefficient (Wildman–Crippen LogP) is 2.56. The quantitative estimate of drug-likeness (QED) is 0.472. The van der Waals surface area contributed by atoms with Gasteiger partial charge in [0.1, 0.15) is 0 Å². The third kappa shape index (κ3) is 6.21. The average Bonchev–Trinajstić information content (AvgIpc) is 2.26. The van der Waals surface area contributed by atoms with Crippen LogP contribution in [0.2, 0.25) is 0 Å². The molecule has 4 nitrogen and oxygen atoms in total. The minimum Gasteiger partial charge on any atom is -0.326 e. The Bertz CT molecular complexity index is 520. The van der Waals surface area contributed by atoms with Crippen molar-refractivity contribution in [1.29, 1.82) is 0 Å². The van der Waals surface area contributed by atoms with Gasteiger partial charge in [-0.2, -0.15) is 34.8 Å². The lowest BCUT2D eigenvalue weighted by molar-refractivity contribution is -0.137. The second kappa shape index (κ2) is 6.41. The van der Waals surface area contributed by atoms with Gasteiger partial charge in [0.2, 0.25) is 0 Å². The van der Waals surface area contributed by atoms with Crippen LogP contribution >= 0.6 is 0 Å². The van der Waals surface area contributed by atoms with E-state index in [9.17, 15) is 26.3 Å². The second-order valence-corrected chi connectivity index (χ2v) is 4.73. The Morgan fingerprint density at radius 3 is 1.55 bits per heavy atom. The molecule has 1 rings (SSSR count). The minimum atomic E-state index is -5.84. The number of hydrogen-bond acceptors (Lipinski definition) is 3. The van der Waals surface area contributed by atoms with Crippen LogP contribution < -0.4 is 5.73 Å². The number of hydrogen-bond donors (Lipinski definition) is 2. The van der Waals surface area contributed by atoms with E-state index in [0.717, 1.165) is 12.1 Å². The van der Waals surface area contributed by atoms with Crippen LogP contribution in [0.4, 0.5) is 26.3 Å². The van der Waals surface area contributed by atoms with Crippen LogP contribution in [0.3, 0.4) is 0 Å². The molecule has 0 saturated heterocycles. The van der Waals surface area contributed by atoms with Gasteiger partial charge >= 0.3 is 21.8 Å². The highest BCUT2D eigenvalue weighted by Gasteiger charge is 2.44. The first kappa shape index (κ1) is 18.7. The maximum absolute atomic E-state index is 12.0. The van der Waals surface area contributed by atoms with Gasteiger partial charge in [0.05, 0.1) is 5.56 Å². The summed E-state index contributed by atoms with van der Waals surface area (Å²) in [6.07, 6.45) is -4.26. The van der Waals surface area contributed by atoms with Crippen molar-refractivity contribution in [3.63, 3.8) is 0 Å². The Labute approximate surface area is 109 Å². The van der Waals surface area contributed by atoms with E-state index in [1.54, 1.807) is 0 Å². The smallest absolute Gasteiger partial charge is 0.326 e. The molecule has 0 aromatic heterocycles. The van der Waals surface area contributed by atoms with Gasteiger partial charge in [-0.25, -0.2) is 0 Å². The van der Waals surface area contributed by atoms with Gasteiger partial charge in [0.25, 0.3) is 0 Å². The summed E-state index contributed by atoms with van der Waals surface area (Å²) in [4.78, 5) is 0.